The highest BCUT2D eigenvalue weighted by molar-refractivity contribution is 4.99. The standard InChI is InChI=1S/C27H55N3/c1-9-21-30(22-10-2)27(8,17-13-14-20-28-25(3,4)5)19-18-26(6,7)29-23-15-11-12-16-24-29/h13-14,28H,9-12,15-24H2,1-8H3/b14-13-. The van der Waals surface area contributed by atoms with Crippen molar-refractivity contribution < 1.29 is 0 Å². The van der Waals surface area contributed by atoms with Gasteiger partial charge in [-0.05, 0) is 113 Å². The van der Waals surface area contributed by atoms with Gasteiger partial charge in [0.15, 0.2) is 0 Å². The van der Waals surface area contributed by atoms with E-state index in [9.17, 15) is 0 Å². The van der Waals surface area contributed by atoms with E-state index in [0.29, 0.717) is 5.54 Å². The molecule has 0 bridgehead atoms. The Morgan fingerprint density at radius 1 is 0.800 bits per heavy atom. The largest absolute Gasteiger partial charge is 0.309 e. The third kappa shape index (κ3) is 10.3. The average Bonchev–Trinajstić information content (AvgIpc) is 2.95. The molecule has 1 aliphatic rings. The summed E-state index contributed by atoms with van der Waals surface area (Å²) >= 11 is 0. The average molecular weight is 422 g/mol. The molecular formula is C27H55N3. The molecule has 178 valence electrons. The van der Waals surface area contributed by atoms with Crippen LogP contribution in [-0.2, 0) is 0 Å². The summed E-state index contributed by atoms with van der Waals surface area (Å²) in [5.74, 6) is 0. The number of hydrogen-bond donors (Lipinski definition) is 1. The molecular weight excluding hydrogens is 366 g/mol. The molecule has 3 nitrogen and oxygen atoms in total. The maximum atomic E-state index is 3.59. The molecule has 0 saturated carbocycles. The molecule has 3 heteroatoms. The highest BCUT2D eigenvalue weighted by atomic mass is 15.2. The summed E-state index contributed by atoms with van der Waals surface area (Å²) < 4.78 is 0. The van der Waals surface area contributed by atoms with Crippen molar-refractivity contribution in [3.8, 4) is 0 Å². The molecule has 1 heterocycles. The van der Waals surface area contributed by atoms with Gasteiger partial charge in [-0.25, -0.2) is 0 Å². The van der Waals surface area contributed by atoms with E-state index in [2.05, 4.69) is 82.7 Å². The minimum Gasteiger partial charge on any atom is -0.309 e. The van der Waals surface area contributed by atoms with Crippen LogP contribution in [0.1, 0.15) is 113 Å². The third-order valence-electron chi connectivity index (χ3n) is 6.96. The molecule has 0 aromatic carbocycles. The smallest absolute Gasteiger partial charge is 0.0216 e. The lowest BCUT2D eigenvalue weighted by atomic mass is 9.83. The topological polar surface area (TPSA) is 18.5 Å². The first kappa shape index (κ1) is 27.7. The number of nitrogens with zero attached hydrogens (tertiary/aromatic N) is 2. The van der Waals surface area contributed by atoms with E-state index in [0.717, 1.165) is 13.0 Å². The molecule has 30 heavy (non-hydrogen) atoms. The second-order valence-corrected chi connectivity index (χ2v) is 11.5. The van der Waals surface area contributed by atoms with Gasteiger partial charge in [0.1, 0.15) is 0 Å². The fraction of sp³-hybridized carbons (Fsp3) is 0.926. The highest BCUT2D eigenvalue weighted by Gasteiger charge is 2.34. The zero-order valence-electron chi connectivity index (χ0n) is 21.9. The summed E-state index contributed by atoms with van der Waals surface area (Å²) in [4.78, 5) is 5.57. The van der Waals surface area contributed by atoms with Crippen LogP contribution in [0.25, 0.3) is 0 Å². The van der Waals surface area contributed by atoms with Crippen molar-refractivity contribution >= 4 is 0 Å². The molecule has 1 saturated heterocycles. The second-order valence-electron chi connectivity index (χ2n) is 11.5. The predicted octanol–water partition coefficient (Wildman–Crippen LogP) is 6.64. The zero-order chi connectivity index (χ0) is 22.7. The van der Waals surface area contributed by atoms with Crippen LogP contribution >= 0.6 is 0 Å². The van der Waals surface area contributed by atoms with E-state index in [4.69, 9.17) is 0 Å². The lowest BCUT2D eigenvalue weighted by Crippen LogP contribution is -2.50. The van der Waals surface area contributed by atoms with Gasteiger partial charge in [0, 0.05) is 23.2 Å². The van der Waals surface area contributed by atoms with Crippen LogP contribution in [0, 0.1) is 0 Å². The van der Waals surface area contributed by atoms with Crippen LogP contribution in [0.5, 0.6) is 0 Å². The lowest BCUT2D eigenvalue weighted by Gasteiger charge is -2.45. The van der Waals surface area contributed by atoms with Gasteiger partial charge in [-0.3, -0.25) is 9.80 Å². The minimum absolute atomic E-state index is 0.182. The van der Waals surface area contributed by atoms with Crippen LogP contribution in [0.15, 0.2) is 12.2 Å². The number of nitrogens with one attached hydrogen (secondary N) is 1. The van der Waals surface area contributed by atoms with E-state index < -0.39 is 0 Å². The summed E-state index contributed by atoms with van der Waals surface area (Å²) in [5.41, 5.74) is 0.724. The molecule has 0 aromatic heterocycles. The fourth-order valence-corrected chi connectivity index (χ4v) is 4.78. The first-order valence-corrected chi connectivity index (χ1v) is 12.9. The third-order valence-corrected chi connectivity index (χ3v) is 6.96. The van der Waals surface area contributed by atoms with Crippen molar-refractivity contribution in [2.45, 2.75) is 130 Å². The van der Waals surface area contributed by atoms with Crippen LogP contribution in [-0.4, -0.2) is 59.1 Å². The van der Waals surface area contributed by atoms with Crippen molar-refractivity contribution in [3.63, 3.8) is 0 Å². The maximum absolute atomic E-state index is 3.59. The minimum atomic E-state index is 0.182. The zero-order valence-corrected chi connectivity index (χ0v) is 21.9. The summed E-state index contributed by atoms with van der Waals surface area (Å²) in [6.07, 6.45) is 16.5. The number of hydrogen-bond acceptors (Lipinski definition) is 3. The van der Waals surface area contributed by atoms with E-state index in [-0.39, 0.29) is 11.1 Å². The Hall–Kier alpha value is -0.380. The quantitative estimate of drug-likeness (QED) is 0.336. The summed E-state index contributed by atoms with van der Waals surface area (Å²) in [6.45, 7) is 24.8. The predicted molar refractivity (Wildman–Crippen MR) is 135 cm³/mol. The Bertz CT molecular complexity index is 463. The van der Waals surface area contributed by atoms with Gasteiger partial charge >= 0.3 is 0 Å². The summed E-state index contributed by atoms with van der Waals surface area (Å²) in [7, 11) is 0. The monoisotopic (exact) mass is 421 g/mol. The maximum Gasteiger partial charge on any atom is 0.0216 e. The molecule has 0 spiro atoms. The number of likely N-dealkylation sites (tertiary alicyclic amines) is 1. The van der Waals surface area contributed by atoms with E-state index in [1.165, 1.54) is 77.5 Å². The Morgan fingerprint density at radius 3 is 1.87 bits per heavy atom. The van der Waals surface area contributed by atoms with Gasteiger partial charge in [0.25, 0.3) is 0 Å². The molecule has 1 unspecified atom stereocenters. The van der Waals surface area contributed by atoms with Crippen LogP contribution in [0.2, 0.25) is 0 Å². The Morgan fingerprint density at radius 2 is 1.37 bits per heavy atom. The van der Waals surface area contributed by atoms with E-state index >= 15 is 0 Å². The van der Waals surface area contributed by atoms with Crippen LogP contribution in [0.4, 0.5) is 0 Å². The van der Waals surface area contributed by atoms with Gasteiger partial charge in [-0.15, -0.1) is 0 Å². The van der Waals surface area contributed by atoms with E-state index in [1.807, 2.05) is 0 Å². The highest BCUT2D eigenvalue weighted by Crippen LogP contribution is 2.32. The van der Waals surface area contributed by atoms with Crippen molar-refractivity contribution in [2.24, 2.45) is 0 Å². The first-order valence-electron chi connectivity index (χ1n) is 12.9. The fourth-order valence-electron chi connectivity index (χ4n) is 4.78. The molecule has 1 rings (SSSR count). The van der Waals surface area contributed by atoms with E-state index in [1.54, 1.807) is 0 Å². The SMILES string of the molecule is CCCN(CCC)C(C)(C/C=C\CNC(C)(C)C)CCC(C)(C)N1CCCCCC1. The van der Waals surface area contributed by atoms with Gasteiger partial charge in [-0.1, -0.05) is 38.8 Å². The van der Waals surface area contributed by atoms with Crippen LogP contribution in [0.3, 0.4) is 0 Å². The molecule has 0 radical (unpaired) electrons. The molecule has 0 amide bonds. The molecule has 1 N–H and O–H groups in total. The summed E-state index contributed by atoms with van der Waals surface area (Å²) in [6, 6.07) is 0. The molecule has 1 atom stereocenters. The molecule has 1 fully saturated rings. The van der Waals surface area contributed by atoms with Crippen molar-refractivity contribution in [2.75, 3.05) is 32.7 Å². The normalized spacial score (nSPS) is 19.4. The summed E-state index contributed by atoms with van der Waals surface area (Å²) in [5, 5.41) is 3.59. The Labute approximate surface area is 190 Å². The van der Waals surface area contributed by atoms with Gasteiger partial charge in [0.2, 0.25) is 0 Å². The van der Waals surface area contributed by atoms with Crippen LogP contribution < -0.4 is 5.32 Å². The van der Waals surface area contributed by atoms with Gasteiger partial charge < -0.3 is 5.32 Å². The Kier molecular flexibility index (Phi) is 12.2. The first-order chi connectivity index (χ1) is 14.0. The van der Waals surface area contributed by atoms with Crippen molar-refractivity contribution in [1.29, 1.82) is 0 Å². The lowest BCUT2D eigenvalue weighted by molar-refractivity contribution is 0.0575. The van der Waals surface area contributed by atoms with Crippen molar-refractivity contribution in [1.82, 2.24) is 15.1 Å². The second kappa shape index (κ2) is 13.2. The molecule has 0 aromatic rings. The molecule has 0 aliphatic carbocycles. The number of rotatable bonds is 13. The molecule has 1 aliphatic heterocycles. The Balaban J connectivity index is 2.83. The van der Waals surface area contributed by atoms with Gasteiger partial charge in [-0.2, -0.15) is 0 Å². The van der Waals surface area contributed by atoms with Crippen molar-refractivity contribution in [3.05, 3.63) is 12.2 Å². The van der Waals surface area contributed by atoms with Gasteiger partial charge in [0.05, 0.1) is 0 Å².